The van der Waals surface area contributed by atoms with E-state index in [0.29, 0.717) is 10.9 Å². The third kappa shape index (κ3) is 1.63. The molecular formula is C11H11FN2O. The number of benzene rings is 1. The number of rotatable bonds is 1. The van der Waals surface area contributed by atoms with E-state index in [1.165, 1.54) is 29.1 Å². The average Bonchev–Trinajstić information content (AvgIpc) is 2.19. The second-order valence-electron chi connectivity index (χ2n) is 3.71. The van der Waals surface area contributed by atoms with Crippen molar-refractivity contribution in [2.75, 3.05) is 0 Å². The Morgan fingerprint density at radius 2 is 2.13 bits per heavy atom. The molecule has 1 aromatic heterocycles. The topological polar surface area (TPSA) is 34.9 Å². The van der Waals surface area contributed by atoms with Crippen molar-refractivity contribution in [1.82, 2.24) is 9.55 Å². The number of hydrogen-bond acceptors (Lipinski definition) is 2. The molecular weight excluding hydrogens is 195 g/mol. The van der Waals surface area contributed by atoms with Crippen LogP contribution in [-0.4, -0.2) is 9.55 Å². The lowest BCUT2D eigenvalue weighted by Crippen LogP contribution is -2.22. The Kier molecular flexibility index (Phi) is 2.26. The highest BCUT2D eigenvalue weighted by Crippen LogP contribution is 2.10. The van der Waals surface area contributed by atoms with Crippen molar-refractivity contribution in [2.24, 2.45) is 0 Å². The predicted octanol–water partition coefficient (Wildman–Crippen LogP) is 2.12. The van der Waals surface area contributed by atoms with Crippen molar-refractivity contribution in [3.63, 3.8) is 0 Å². The van der Waals surface area contributed by atoms with Gasteiger partial charge in [0.1, 0.15) is 5.82 Å². The largest absolute Gasteiger partial charge is 0.296 e. The molecule has 0 bridgehead atoms. The molecule has 0 fully saturated rings. The molecule has 0 unspecified atom stereocenters. The summed E-state index contributed by atoms with van der Waals surface area (Å²) in [6.07, 6.45) is 1.49. The summed E-state index contributed by atoms with van der Waals surface area (Å²) in [5.74, 6) is -0.414. The quantitative estimate of drug-likeness (QED) is 0.716. The van der Waals surface area contributed by atoms with Gasteiger partial charge < -0.3 is 0 Å². The Morgan fingerprint density at radius 1 is 1.40 bits per heavy atom. The molecule has 0 N–H and O–H groups in total. The lowest BCUT2D eigenvalue weighted by atomic mass is 10.2. The van der Waals surface area contributed by atoms with Gasteiger partial charge in [0, 0.05) is 6.04 Å². The first-order chi connectivity index (χ1) is 7.09. The zero-order valence-corrected chi connectivity index (χ0v) is 8.57. The Bertz CT molecular complexity index is 560. The van der Waals surface area contributed by atoms with Crippen LogP contribution in [0.5, 0.6) is 0 Å². The van der Waals surface area contributed by atoms with Gasteiger partial charge in [0.05, 0.1) is 17.2 Å². The zero-order valence-electron chi connectivity index (χ0n) is 8.57. The molecule has 0 atom stereocenters. The molecule has 1 heterocycles. The monoisotopic (exact) mass is 206 g/mol. The van der Waals surface area contributed by atoms with Crippen LogP contribution in [0.25, 0.3) is 10.9 Å². The van der Waals surface area contributed by atoms with Crippen molar-refractivity contribution in [1.29, 1.82) is 0 Å². The van der Waals surface area contributed by atoms with E-state index in [-0.39, 0.29) is 11.6 Å². The lowest BCUT2D eigenvalue weighted by Gasteiger charge is -2.09. The number of nitrogens with zero attached hydrogens (tertiary/aromatic N) is 2. The van der Waals surface area contributed by atoms with Gasteiger partial charge in [-0.15, -0.1) is 0 Å². The summed E-state index contributed by atoms with van der Waals surface area (Å²) in [5.41, 5.74) is 0.327. The Morgan fingerprint density at radius 3 is 2.80 bits per heavy atom. The summed E-state index contributed by atoms with van der Waals surface area (Å²) in [6.45, 7) is 3.77. The van der Waals surface area contributed by atoms with E-state index in [2.05, 4.69) is 4.98 Å². The van der Waals surface area contributed by atoms with Gasteiger partial charge in [-0.05, 0) is 32.0 Å². The predicted molar refractivity (Wildman–Crippen MR) is 56.3 cm³/mol. The van der Waals surface area contributed by atoms with Crippen molar-refractivity contribution in [2.45, 2.75) is 19.9 Å². The van der Waals surface area contributed by atoms with Gasteiger partial charge in [-0.25, -0.2) is 9.37 Å². The minimum absolute atomic E-state index is 0.0256. The van der Waals surface area contributed by atoms with Crippen LogP contribution in [0, 0.1) is 5.82 Å². The van der Waals surface area contributed by atoms with Crippen molar-refractivity contribution in [3.8, 4) is 0 Å². The molecule has 4 heteroatoms. The van der Waals surface area contributed by atoms with E-state index in [9.17, 15) is 9.18 Å². The van der Waals surface area contributed by atoms with Crippen LogP contribution < -0.4 is 5.56 Å². The van der Waals surface area contributed by atoms with Crippen LogP contribution in [0.15, 0.2) is 29.3 Å². The third-order valence-electron chi connectivity index (χ3n) is 2.30. The van der Waals surface area contributed by atoms with Gasteiger partial charge in [0.15, 0.2) is 0 Å². The van der Waals surface area contributed by atoms with Gasteiger partial charge >= 0.3 is 0 Å². The molecule has 0 radical (unpaired) electrons. The summed E-state index contributed by atoms with van der Waals surface area (Å²) in [7, 11) is 0. The first kappa shape index (κ1) is 9.83. The Labute approximate surface area is 86.2 Å². The fourth-order valence-electron chi connectivity index (χ4n) is 1.48. The van der Waals surface area contributed by atoms with Gasteiger partial charge in [-0.3, -0.25) is 9.36 Å². The molecule has 78 valence electrons. The lowest BCUT2D eigenvalue weighted by molar-refractivity contribution is 0.572. The molecule has 0 saturated carbocycles. The molecule has 0 aliphatic heterocycles. The van der Waals surface area contributed by atoms with Crippen molar-refractivity contribution in [3.05, 3.63) is 40.7 Å². The van der Waals surface area contributed by atoms with Gasteiger partial charge in [-0.2, -0.15) is 0 Å². The second kappa shape index (κ2) is 3.46. The highest BCUT2D eigenvalue weighted by atomic mass is 19.1. The number of aromatic nitrogens is 2. The minimum atomic E-state index is -0.414. The maximum atomic E-state index is 13.0. The summed E-state index contributed by atoms with van der Waals surface area (Å²) < 4.78 is 14.5. The van der Waals surface area contributed by atoms with E-state index < -0.39 is 5.82 Å². The molecule has 0 amide bonds. The van der Waals surface area contributed by atoms with E-state index in [4.69, 9.17) is 0 Å². The Hall–Kier alpha value is -1.71. The average molecular weight is 206 g/mol. The van der Waals surface area contributed by atoms with E-state index in [0.717, 1.165) is 0 Å². The van der Waals surface area contributed by atoms with Crippen LogP contribution in [-0.2, 0) is 0 Å². The molecule has 15 heavy (non-hydrogen) atoms. The zero-order chi connectivity index (χ0) is 11.0. The molecule has 2 rings (SSSR count). The normalized spacial score (nSPS) is 11.2. The van der Waals surface area contributed by atoms with Gasteiger partial charge in [0.2, 0.25) is 0 Å². The van der Waals surface area contributed by atoms with E-state index in [1.807, 2.05) is 13.8 Å². The number of fused-ring (bicyclic) bond motifs is 1. The smallest absolute Gasteiger partial charge is 0.261 e. The van der Waals surface area contributed by atoms with E-state index >= 15 is 0 Å². The minimum Gasteiger partial charge on any atom is -0.296 e. The highest BCUT2D eigenvalue weighted by molar-refractivity contribution is 5.77. The Balaban J connectivity index is 2.83. The number of hydrogen-bond donors (Lipinski definition) is 0. The third-order valence-corrected chi connectivity index (χ3v) is 2.30. The molecule has 1 aromatic carbocycles. The van der Waals surface area contributed by atoms with Gasteiger partial charge in [0.25, 0.3) is 5.56 Å². The fourth-order valence-corrected chi connectivity index (χ4v) is 1.48. The van der Waals surface area contributed by atoms with E-state index in [1.54, 1.807) is 0 Å². The molecule has 0 spiro atoms. The van der Waals surface area contributed by atoms with Crippen molar-refractivity contribution >= 4 is 10.9 Å². The second-order valence-corrected chi connectivity index (χ2v) is 3.71. The van der Waals surface area contributed by atoms with Crippen LogP contribution in [0.1, 0.15) is 19.9 Å². The standard InChI is InChI=1S/C11H11FN2O/c1-7(2)14-6-13-10-4-3-8(12)5-9(10)11(14)15/h3-7H,1-2H3. The van der Waals surface area contributed by atoms with Gasteiger partial charge in [-0.1, -0.05) is 0 Å². The fraction of sp³-hybridized carbons (Fsp3) is 0.273. The summed E-state index contributed by atoms with van der Waals surface area (Å²) in [6, 6.07) is 4.06. The molecule has 3 nitrogen and oxygen atoms in total. The number of halogens is 1. The maximum absolute atomic E-state index is 13.0. The van der Waals surface area contributed by atoms with Crippen LogP contribution >= 0.6 is 0 Å². The van der Waals surface area contributed by atoms with Crippen molar-refractivity contribution < 1.29 is 4.39 Å². The molecule has 0 saturated heterocycles. The summed E-state index contributed by atoms with van der Waals surface area (Å²) in [4.78, 5) is 16.0. The van der Waals surface area contributed by atoms with Crippen LogP contribution in [0.4, 0.5) is 4.39 Å². The molecule has 0 aliphatic carbocycles. The first-order valence-corrected chi connectivity index (χ1v) is 4.76. The molecule has 0 aliphatic rings. The maximum Gasteiger partial charge on any atom is 0.261 e. The summed E-state index contributed by atoms with van der Waals surface area (Å²) in [5, 5.41) is 0.325. The molecule has 2 aromatic rings. The SMILES string of the molecule is CC(C)n1cnc2ccc(F)cc2c1=O. The highest BCUT2D eigenvalue weighted by Gasteiger charge is 2.06. The van der Waals surface area contributed by atoms with Crippen LogP contribution in [0.2, 0.25) is 0 Å². The summed E-state index contributed by atoms with van der Waals surface area (Å²) >= 11 is 0. The van der Waals surface area contributed by atoms with Crippen LogP contribution in [0.3, 0.4) is 0 Å². The first-order valence-electron chi connectivity index (χ1n) is 4.76.